The third-order valence-electron chi connectivity index (χ3n) is 4.89. The van der Waals surface area contributed by atoms with Gasteiger partial charge >= 0.3 is 12.4 Å². The van der Waals surface area contributed by atoms with Gasteiger partial charge in [-0.25, -0.2) is 0 Å². The molecule has 0 aliphatic heterocycles. The smallest absolute Gasteiger partial charge is 0.330 e. The Kier molecular flexibility index (Phi) is 6.66. The topological polar surface area (TPSA) is 42.3 Å². The van der Waals surface area contributed by atoms with E-state index in [1.807, 2.05) is 0 Å². The molecule has 174 valence electrons. The molecule has 0 aliphatic carbocycles. The molecule has 0 radical (unpaired) electrons. The Bertz CT molecular complexity index is 1150. The van der Waals surface area contributed by atoms with Gasteiger partial charge in [-0.3, -0.25) is 9.59 Å². The van der Waals surface area contributed by atoms with Crippen LogP contribution in [0.1, 0.15) is 32.6 Å². The fourth-order valence-electron chi connectivity index (χ4n) is 3.20. The van der Waals surface area contributed by atoms with Crippen LogP contribution in [0, 0.1) is 0 Å². The van der Waals surface area contributed by atoms with E-state index in [1.165, 1.54) is 48.1 Å². The van der Waals surface area contributed by atoms with Crippen LogP contribution in [0.25, 0.3) is 0 Å². The van der Waals surface area contributed by atoms with Crippen molar-refractivity contribution in [3.63, 3.8) is 0 Å². The third-order valence-corrected chi connectivity index (χ3v) is 4.89. The van der Waals surface area contributed by atoms with E-state index in [9.17, 15) is 35.9 Å². The number of nitrogens with zero attached hydrogens (tertiary/aromatic N) is 2. The highest BCUT2D eigenvalue weighted by atomic mass is 19.4. The fourth-order valence-corrected chi connectivity index (χ4v) is 3.20. The highest BCUT2D eigenvalue weighted by Crippen LogP contribution is 2.31. The molecule has 1 amide bonds. The Balaban J connectivity index is 1.98. The van der Waals surface area contributed by atoms with E-state index in [4.69, 9.17) is 0 Å². The van der Waals surface area contributed by atoms with Crippen LogP contribution in [-0.4, -0.2) is 15.4 Å². The number of halogens is 6. The van der Waals surface area contributed by atoms with Gasteiger partial charge in [-0.1, -0.05) is 24.3 Å². The van der Waals surface area contributed by atoms with Crippen LogP contribution < -0.4 is 5.56 Å². The maximum absolute atomic E-state index is 13.1. The SMILES string of the molecule is Cn1ccc(C(=O)N(Cc2cccc(C(F)(F)F)c2)Cc2cccc(C(F)(F)F)c2)cc1=O. The van der Waals surface area contributed by atoms with Gasteiger partial charge in [-0.2, -0.15) is 26.3 Å². The first-order chi connectivity index (χ1) is 15.3. The van der Waals surface area contributed by atoms with Crippen molar-refractivity contribution in [3.8, 4) is 0 Å². The van der Waals surface area contributed by atoms with Crippen LogP contribution in [0.3, 0.4) is 0 Å². The molecular formula is C23H18F6N2O2. The van der Waals surface area contributed by atoms with Crippen molar-refractivity contribution >= 4 is 5.91 Å². The first kappa shape index (κ1) is 24.1. The van der Waals surface area contributed by atoms with Crippen LogP contribution in [-0.2, 0) is 32.5 Å². The van der Waals surface area contributed by atoms with Crippen molar-refractivity contribution in [2.24, 2.45) is 7.05 Å². The molecule has 0 spiro atoms. The number of carbonyl (C=O) groups is 1. The summed E-state index contributed by atoms with van der Waals surface area (Å²) in [5, 5.41) is 0. The molecule has 0 saturated carbocycles. The Labute approximate surface area is 184 Å². The van der Waals surface area contributed by atoms with E-state index < -0.39 is 34.9 Å². The molecule has 3 rings (SSSR count). The largest absolute Gasteiger partial charge is 0.416 e. The van der Waals surface area contributed by atoms with E-state index in [0.29, 0.717) is 0 Å². The second-order valence-corrected chi connectivity index (χ2v) is 7.42. The van der Waals surface area contributed by atoms with Crippen LogP contribution in [0.4, 0.5) is 26.3 Å². The van der Waals surface area contributed by atoms with Crippen molar-refractivity contribution in [2.45, 2.75) is 25.4 Å². The van der Waals surface area contributed by atoms with Gasteiger partial charge in [-0.15, -0.1) is 0 Å². The summed E-state index contributed by atoms with van der Waals surface area (Å²) in [6.45, 7) is -0.623. The maximum atomic E-state index is 13.1. The standard InChI is InChI=1S/C23H18F6N2O2/c1-30-9-8-17(12-20(30)32)21(33)31(13-15-4-2-6-18(10-15)22(24,25)26)14-16-5-3-7-19(11-16)23(27,28)29/h2-12H,13-14H2,1H3. The molecule has 33 heavy (non-hydrogen) atoms. The highest BCUT2D eigenvalue weighted by molar-refractivity contribution is 5.94. The van der Waals surface area contributed by atoms with Gasteiger partial charge in [0.05, 0.1) is 11.1 Å². The average molecular weight is 468 g/mol. The van der Waals surface area contributed by atoms with Gasteiger partial charge < -0.3 is 9.47 Å². The molecule has 0 saturated heterocycles. The number of amides is 1. The highest BCUT2D eigenvalue weighted by Gasteiger charge is 2.32. The number of alkyl halides is 6. The number of aryl methyl sites for hydroxylation is 1. The van der Waals surface area contributed by atoms with Crippen LogP contribution in [0.2, 0.25) is 0 Å². The zero-order valence-corrected chi connectivity index (χ0v) is 17.2. The predicted molar refractivity (Wildman–Crippen MR) is 108 cm³/mol. The molecule has 1 heterocycles. The molecule has 3 aromatic rings. The number of rotatable bonds is 5. The van der Waals surface area contributed by atoms with Crippen molar-refractivity contribution in [1.29, 1.82) is 0 Å². The fraction of sp³-hybridized carbons (Fsp3) is 0.217. The Morgan fingerprint density at radius 3 is 1.73 bits per heavy atom. The lowest BCUT2D eigenvalue weighted by Gasteiger charge is -2.24. The van der Waals surface area contributed by atoms with Crippen LogP contribution in [0.5, 0.6) is 0 Å². The first-order valence-electron chi connectivity index (χ1n) is 9.63. The normalized spacial score (nSPS) is 12.0. The zero-order chi connectivity index (χ0) is 24.4. The molecule has 0 fully saturated rings. The lowest BCUT2D eigenvalue weighted by Crippen LogP contribution is -2.31. The van der Waals surface area contributed by atoms with Crippen molar-refractivity contribution in [1.82, 2.24) is 9.47 Å². The summed E-state index contributed by atoms with van der Waals surface area (Å²) in [6, 6.07) is 11.0. The summed E-state index contributed by atoms with van der Waals surface area (Å²) in [7, 11) is 1.47. The molecule has 4 nitrogen and oxygen atoms in total. The van der Waals surface area contributed by atoms with Gasteiger partial charge in [0.15, 0.2) is 0 Å². The molecule has 0 unspecified atom stereocenters. The summed E-state index contributed by atoms with van der Waals surface area (Å²) in [6.07, 6.45) is -7.85. The van der Waals surface area contributed by atoms with Crippen molar-refractivity contribution in [3.05, 3.63) is 105 Å². The summed E-state index contributed by atoms with van der Waals surface area (Å²) in [5.41, 5.74) is -2.08. The molecule has 0 atom stereocenters. The second kappa shape index (κ2) is 9.13. The predicted octanol–water partition coefficient (Wildman–Crippen LogP) is 5.27. The molecule has 0 aliphatic rings. The minimum Gasteiger partial charge on any atom is -0.330 e. The molecule has 10 heteroatoms. The van der Waals surface area contributed by atoms with E-state index in [2.05, 4.69) is 0 Å². The average Bonchev–Trinajstić information content (AvgIpc) is 2.74. The van der Waals surface area contributed by atoms with Crippen molar-refractivity contribution in [2.75, 3.05) is 0 Å². The van der Waals surface area contributed by atoms with Crippen LogP contribution >= 0.6 is 0 Å². The third kappa shape index (κ3) is 6.03. The Morgan fingerprint density at radius 2 is 1.30 bits per heavy atom. The number of benzene rings is 2. The van der Waals surface area contributed by atoms with Crippen LogP contribution in [0.15, 0.2) is 71.7 Å². The molecular weight excluding hydrogens is 450 g/mol. The first-order valence-corrected chi connectivity index (χ1v) is 9.63. The van der Waals surface area contributed by atoms with E-state index >= 15 is 0 Å². The quantitative estimate of drug-likeness (QED) is 0.479. The number of hydrogen-bond acceptors (Lipinski definition) is 2. The maximum Gasteiger partial charge on any atom is 0.416 e. The number of aromatic nitrogens is 1. The minimum absolute atomic E-state index is 0.0305. The second-order valence-electron chi connectivity index (χ2n) is 7.42. The monoisotopic (exact) mass is 468 g/mol. The molecule has 0 N–H and O–H groups in total. The van der Waals surface area contributed by atoms with Gasteiger partial charge in [0.1, 0.15) is 0 Å². The summed E-state index contributed by atoms with van der Waals surface area (Å²) < 4.78 is 79.8. The molecule has 1 aromatic heterocycles. The van der Waals surface area contributed by atoms with Gasteiger partial charge in [0.25, 0.3) is 11.5 Å². The zero-order valence-electron chi connectivity index (χ0n) is 17.2. The number of hydrogen-bond donors (Lipinski definition) is 0. The Hall–Kier alpha value is -3.56. The number of pyridine rings is 1. The van der Waals surface area contributed by atoms with Gasteiger partial charge in [0.2, 0.25) is 0 Å². The van der Waals surface area contributed by atoms with Gasteiger partial charge in [0, 0.05) is 38.0 Å². The Morgan fingerprint density at radius 1 is 0.818 bits per heavy atom. The van der Waals surface area contributed by atoms with E-state index in [1.54, 1.807) is 0 Å². The van der Waals surface area contributed by atoms with E-state index in [-0.39, 0.29) is 29.8 Å². The lowest BCUT2D eigenvalue weighted by molar-refractivity contribution is -0.138. The summed E-state index contributed by atoms with van der Waals surface area (Å²) >= 11 is 0. The summed E-state index contributed by atoms with van der Waals surface area (Å²) in [4.78, 5) is 26.1. The summed E-state index contributed by atoms with van der Waals surface area (Å²) in [5.74, 6) is -0.706. The van der Waals surface area contributed by atoms with Crippen molar-refractivity contribution < 1.29 is 31.1 Å². The van der Waals surface area contributed by atoms with E-state index in [0.717, 1.165) is 35.2 Å². The molecule has 0 bridgehead atoms. The lowest BCUT2D eigenvalue weighted by atomic mass is 10.1. The number of carbonyl (C=O) groups excluding carboxylic acids is 1. The molecule has 2 aromatic carbocycles. The van der Waals surface area contributed by atoms with Gasteiger partial charge in [-0.05, 0) is 41.5 Å². The minimum atomic E-state index is -4.60.